The lowest BCUT2D eigenvalue weighted by atomic mass is 10.1. The molecule has 0 unspecified atom stereocenters. The maximum absolute atomic E-state index is 11.5. The van der Waals surface area contributed by atoms with Crippen molar-refractivity contribution in [1.29, 1.82) is 0 Å². The molecule has 0 aliphatic carbocycles. The van der Waals surface area contributed by atoms with Gasteiger partial charge in [0.25, 0.3) is 0 Å². The number of hydrogen-bond acceptors (Lipinski definition) is 5. The zero-order valence-corrected chi connectivity index (χ0v) is 11.9. The van der Waals surface area contributed by atoms with Crippen LogP contribution in [0.15, 0.2) is 6.07 Å². The van der Waals surface area contributed by atoms with Crippen LogP contribution >= 0.6 is 0 Å². The van der Waals surface area contributed by atoms with Crippen LogP contribution in [0, 0.1) is 0 Å². The van der Waals surface area contributed by atoms with Crippen LogP contribution in [-0.4, -0.2) is 45.5 Å². The molecule has 1 aliphatic rings. The van der Waals surface area contributed by atoms with Crippen LogP contribution in [0.5, 0.6) is 17.2 Å². The van der Waals surface area contributed by atoms with Gasteiger partial charge in [-0.05, 0) is 12.8 Å². The fraction of sp³-hybridized carbons (Fsp3) is 0.500. The first-order valence-corrected chi connectivity index (χ1v) is 6.45. The quantitative estimate of drug-likeness (QED) is 0.890. The van der Waals surface area contributed by atoms with Gasteiger partial charge in [-0.3, -0.25) is 0 Å². The number of methoxy groups -OCH3 is 3. The Morgan fingerprint density at radius 1 is 1.10 bits per heavy atom. The van der Waals surface area contributed by atoms with Gasteiger partial charge in [-0.1, -0.05) is 0 Å². The van der Waals surface area contributed by atoms with Crippen LogP contribution in [0.3, 0.4) is 0 Å². The van der Waals surface area contributed by atoms with Crippen molar-refractivity contribution < 1.29 is 24.1 Å². The van der Waals surface area contributed by atoms with Gasteiger partial charge in [0.2, 0.25) is 5.75 Å². The first kappa shape index (κ1) is 14.3. The van der Waals surface area contributed by atoms with E-state index < -0.39 is 5.97 Å². The lowest BCUT2D eigenvalue weighted by Crippen LogP contribution is -2.22. The van der Waals surface area contributed by atoms with Crippen molar-refractivity contribution in [3.63, 3.8) is 0 Å². The third-order valence-electron chi connectivity index (χ3n) is 3.46. The van der Waals surface area contributed by atoms with Gasteiger partial charge in [-0.25, -0.2) is 4.79 Å². The Hall–Kier alpha value is -2.11. The summed E-state index contributed by atoms with van der Waals surface area (Å²) in [4.78, 5) is 13.6. The van der Waals surface area contributed by atoms with Crippen LogP contribution in [0.2, 0.25) is 0 Å². The molecule has 1 heterocycles. The number of carboxylic acids is 1. The SMILES string of the molecule is COc1cc(C(=O)O)c(N2CCCC2)c(OC)c1OC. The number of benzene rings is 1. The monoisotopic (exact) mass is 281 g/mol. The molecule has 0 aromatic heterocycles. The molecule has 0 amide bonds. The summed E-state index contributed by atoms with van der Waals surface area (Å²) in [6.45, 7) is 1.62. The fourth-order valence-corrected chi connectivity index (χ4v) is 2.56. The Bertz CT molecular complexity index is 509. The smallest absolute Gasteiger partial charge is 0.338 e. The number of aromatic carboxylic acids is 1. The number of ether oxygens (including phenoxy) is 3. The summed E-state index contributed by atoms with van der Waals surface area (Å²) in [6.07, 6.45) is 2.08. The highest BCUT2D eigenvalue weighted by Gasteiger charge is 2.29. The fourth-order valence-electron chi connectivity index (χ4n) is 2.56. The molecule has 1 aromatic rings. The molecule has 6 heteroatoms. The van der Waals surface area contributed by atoms with E-state index in [2.05, 4.69) is 0 Å². The molecule has 0 bridgehead atoms. The molecule has 1 saturated heterocycles. The summed E-state index contributed by atoms with van der Waals surface area (Å²) in [5.74, 6) is 0.170. The third kappa shape index (κ3) is 2.33. The first-order chi connectivity index (χ1) is 9.63. The summed E-state index contributed by atoms with van der Waals surface area (Å²) in [7, 11) is 4.48. The summed E-state index contributed by atoms with van der Waals surface area (Å²) >= 11 is 0. The summed E-state index contributed by atoms with van der Waals surface area (Å²) in [5, 5.41) is 9.45. The van der Waals surface area contributed by atoms with Crippen molar-refractivity contribution in [1.82, 2.24) is 0 Å². The Kier molecular flexibility index (Phi) is 4.22. The summed E-state index contributed by atoms with van der Waals surface area (Å²) in [5.41, 5.74) is 0.733. The predicted molar refractivity (Wildman–Crippen MR) is 74.5 cm³/mol. The number of rotatable bonds is 5. The molecular formula is C14H19NO5. The van der Waals surface area contributed by atoms with Crippen molar-refractivity contribution >= 4 is 11.7 Å². The minimum Gasteiger partial charge on any atom is -0.493 e. The van der Waals surface area contributed by atoms with Gasteiger partial charge in [0.15, 0.2) is 11.5 Å². The van der Waals surface area contributed by atoms with Gasteiger partial charge >= 0.3 is 5.97 Å². The van der Waals surface area contributed by atoms with E-state index in [9.17, 15) is 9.90 Å². The second kappa shape index (κ2) is 5.90. The Morgan fingerprint density at radius 2 is 1.70 bits per heavy atom. The standard InChI is InChI=1S/C14H19NO5/c1-18-10-8-9(14(16)17)11(15-6-4-5-7-15)13(20-3)12(10)19-2/h8H,4-7H2,1-3H3,(H,16,17). The maximum Gasteiger partial charge on any atom is 0.338 e. The van der Waals surface area contributed by atoms with E-state index in [0.717, 1.165) is 25.9 Å². The zero-order valence-electron chi connectivity index (χ0n) is 11.9. The van der Waals surface area contributed by atoms with E-state index in [-0.39, 0.29) is 5.56 Å². The number of carbonyl (C=O) groups is 1. The highest BCUT2D eigenvalue weighted by Crippen LogP contribution is 2.47. The van der Waals surface area contributed by atoms with E-state index in [1.165, 1.54) is 27.4 Å². The first-order valence-electron chi connectivity index (χ1n) is 6.45. The molecule has 0 atom stereocenters. The highest BCUT2D eigenvalue weighted by atomic mass is 16.5. The summed E-state index contributed by atoms with van der Waals surface area (Å²) in [6, 6.07) is 1.48. The van der Waals surface area contributed by atoms with Crippen LogP contribution in [0.1, 0.15) is 23.2 Å². The average molecular weight is 281 g/mol. The topological polar surface area (TPSA) is 68.2 Å². The molecule has 20 heavy (non-hydrogen) atoms. The van der Waals surface area contributed by atoms with E-state index in [0.29, 0.717) is 22.9 Å². The maximum atomic E-state index is 11.5. The number of carboxylic acid groups (broad SMARTS) is 1. The van der Waals surface area contributed by atoms with Gasteiger partial charge in [0.05, 0.1) is 32.6 Å². The van der Waals surface area contributed by atoms with Gasteiger partial charge in [0, 0.05) is 19.2 Å². The Balaban J connectivity index is 2.69. The molecule has 0 radical (unpaired) electrons. The van der Waals surface area contributed by atoms with Gasteiger partial charge in [-0.15, -0.1) is 0 Å². The zero-order chi connectivity index (χ0) is 14.7. The molecular weight excluding hydrogens is 262 g/mol. The number of hydrogen-bond donors (Lipinski definition) is 1. The van der Waals surface area contributed by atoms with Crippen molar-refractivity contribution in [2.24, 2.45) is 0 Å². The van der Waals surface area contributed by atoms with E-state index in [1.807, 2.05) is 4.90 Å². The van der Waals surface area contributed by atoms with Gasteiger partial charge < -0.3 is 24.2 Å². The molecule has 0 spiro atoms. The third-order valence-corrected chi connectivity index (χ3v) is 3.46. The molecule has 110 valence electrons. The second-order valence-electron chi connectivity index (χ2n) is 4.54. The van der Waals surface area contributed by atoms with Crippen LogP contribution < -0.4 is 19.1 Å². The molecule has 2 rings (SSSR count). The highest BCUT2D eigenvalue weighted by molar-refractivity contribution is 5.98. The molecule has 1 aliphatic heterocycles. The Morgan fingerprint density at radius 3 is 2.15 bits per heavy atom. The van der Waals surface area contributed by atoms with Crippen LogP contribution in [-0.2, 0) is 0 Å². The van der Waals surface area contributed by atoms with Crippen LogP contribution in [0.4, 0.5) is 5.69 Å². The van der Waals surface area contributed by atoms with Gasteiger partial charge in [0.1, 0.15) is 0 Å². The molecule has 1 aromatic carbocycles. The molecule has 6 nitrogen and oxygen atoms in total. The lowest BCUT2D eigenvalue weighted by Gasteiger charge is -2.25. The van der Waals surface area contributed by atoms with Crippen molar-refractivity contribution in [3.8, 4) is 17.2 Å². The van der Waals surface area contributed by atoms with Crippen molar-refractivity contribution in [3.05, 3.63) is 11.6 Å². The normalized spacial score (nSPS) is 14.2. The van der Waals surface area contributed by atoms with E-state index in [1.54, 1.807) is 0 Å². The lowest BCUT2D eigenvalue weighted by molar-refractivity contribution is 0.0696. The number of nitrogens with zero attached hydrogens (tertiary/aromatic N) is 1. The van der Waals surface area contributed by atoms with Gasteiger partial charge in [-0.2, -0.15) is 0 Å². The predicted octanol–water partition coefficient (Wildman–Crippen LogP) is 2.01. The van der Waals surface area contributed by atoms with E-state index in [4.69, 9.17) is 14.2 Å². The largest absolute Gasteiger partial charge is 0.493 e. The minimum atomic E-state index is -1.01. The second-order valence-corrected chi connectivity index (χ2v) is 4.54. The molecule has 1 fully saturated rings. The molecule has 1 N–H and O–H groups in total. The summed E-state index contributed by atoms with van der Waals surface area (Å²) < 4.78 is 15.9. The van der Waals surface area contributed by atoms with E-state index >= 15 is 0 Å². The number of anilines is 1. The minimum absolute atomic E-state index is 0.168. The molecule has 0 saturated carbocycles. The average Bonchev–Trinajstić information content (AvgIpc) is 2.98. The Labute approximate surface area is 117 Å². The van der Waals surface area contributed by atoms with Crippen molar-refractivity contribution in [2.45, 2.75) is 12.8 Å². The van der Waals surface area contributed by atoms with Crippen molar-refractivity contribution in [2.75, 3.05) is 39.3 Å². The van der Waals surface area contributed by atoms with Crippen LogP contribution in [0.25, 0.3) is 0 Å².